The SMILES string of the molecule is C1=C(c2ccc3cc(-c4cccc5c6ccccc6n(-c6ccccc6)c45)ccc3c2)SC(c2ccc3cc(-c4cccc5c6ccccc6n(-c6ccccc6)c45)ccc3c2)C1. The molecule has 1 aliphatic heterocycles. The van der Waals surface area contributed by atoms with Crippen LogP contribution in [0.2, 0.25) is 0 Å². The average molecular weight is 821 g/mol. The van der Waals surface area contributed by atoms with E-state index >= 15 is 0 Å². The summed E-state index contributed by atoms with van der Waals surface area (Å²) in [6.45, 7) is 0. The zero-order chi connectivity index (χ0) is 41.4. The van der Waals surface area contributed by atoms with Gasteiger partial charge in [-0.05, 0) is 105 Å². The van der Waals surface area contributed by atoms with Crippen molar-refractivity contribution in [2.24, 2.45) is 0 Å². The number of hydrogen-bond donors (Lipinski definition) is 0. The zero-order valence-electron chi connectivity index (χ0n) is 34.4. The van der Waals surface area contributed by atoms with Crippen molar-refractivity contribution in [1.29, 1.82) is 0 Å². The van der Waals surface area contributed by atoms with E-state index in [4.69, 9.17) is 0 Å². The van der Waals surface area contributed by atoms with Gasteiger partial charge in [-0.3, -0.25) is 0 Å². The summed E-state index contributed by atoms with van der Waals surface area (Å²) in [6, 6.07) is 80.5. The van der Waals surface area contributed by atoms with Gasteiger partial charge in [-0.15, -0.1) is 11.8 Å². The molecule has 0 fully saturated rings. The van der Waals surface area contributed by atoms with Crippen molar-refractivity contribution < 1.29 is 0 Å². The summed E-state index contributed by atoms with van der Waals surface area (Å²) in [4.78, 5) is 1.36. The highest BCUT2D eigenvalue weighted by molar-refractivity contribution is 8.08. The standard InChI is InChI=1S/C60H40N2S/c1-3-13-47(14-4-1)61-55-23-9-7-17-51(55)53-21-11-19-49(59(53)61)43-29-25-41-37-45(31-27-39(41)35-43)57-33-34-58(63-57)46-32-28-40-36-44(30-26-42(40)38-46)50-20-12-22-54-52-18-8-10-24-56(52)62(60(50)54)48-15-5-2-6-16-48/h1-33,35-38,58H,34H2. The second kappa shape index (κ2) is 14.5. The maximum absolute atomic E-state index is 2.44. The van der Waals surface area contributed by atoms with E-state index in [1.54, 1.807) is 0 Å². The number of para-hydroxylation sites is 6. The molecule has 0 saturated carbocycles. The fourth-order valence-electron chi connectivity index (χ4n) is 10.2. The molecule has 1 aliphatic rings. The van der Waals surface area contributed by atoms with Gasteiger partial charge in [-0.1, -0.05) is 170 Å². The monoisotopic (exact) mass is 820 g/mol. The Balaban J connectivity index is 0.793. The number of thioether (sulfide) groups is 1. The lowest BCUT2D eigenvalue weighted by atomic mass is 9.97. The molecule has 0 aliphatic carbocycles. The fourth-order valence-corrected chi connectivity index (χ4v) is 11.5. The van der Waals surface area contributed by atoms with Crippen molar-refractivity contribution in [2.45, 2.75) is 11.7 Å². The van der Waals surface area contributed by atoms with Crippen molar-refractivity contribution in [1.82, 2.24) is 9.13 Å². The molecule has 0 N–H and O–H groups in total. The van der Waals surface area contributed by atoms with E-state index in [0.29, 0.717) is 5.25 Å². The van der Waals surface area contributed by atoms with Crippen LogP contribution in [0.25, 0.3) is 104 Å². The molecule has 3 heterocycles. The van der Waals surface area contributed by atoms with Gasteiger partial charge in [0.25, 0.3) is 0 Å². The molecule has 296 valence electrons. The van der Waals surface area contributed by atoms with Gasteiger partial charge in [-0.2, -0.15) is 0 Å². The topological polar surface area (TPSA) is 9.86 Å². The number of fused-ring (bicyclic) bond motifs is 8. The van der Waals surface area contributed by atoms with Crippen LogP contribution in [0.3, 0.4) is 0 Å². The van der Waals surface area contributed by atoms with Crippen LogP contribution in [0.1, 0.15) is 22.8 Å². The van der Waals surface area contributed by atoms with E-state index in [2.05, 4.69) is 234 Å². The first-order chi connectivity index (χ1) is 31.2. The third kappa shape index (κ3) is 5.88. The van der Waals surface area contributed by atoms with Crippen molar-refractivity contribution in [2.75, 3.05) is 0 Å². The average Bonchev–Trinajstić information content (AvgIpc) is 4.08. The molecular weight excluding hydrogens is 781 g/mol. The molecule has 1 atom stereocenters. The second-order valence-corrected chi connectivity index (χ2v) is 18.0. The molecule has 12 aromatic rings. The molecule has 3 heteroatoms. The van der Waals surface area contributed by atoms with Crippen molar-refractivity contribution >= 4 is 81.8 Å². The van der Waals surface area contributed by atoms with Gasteiger partial charge in [-0.25, -0.2) is 0 Å². The third-order valence-corrected chi connectivity index (χ3v) is 14.6. The number of benzene rings is 10. The van der Waals surface area contributed by atoms with E-state index in [-0.39, 0.29) is 0 Å². The predicted octanol–water partition coefficient (Wildman–Crippen LogP) is 16.7. The van der Waals surface area contributed by atoms with Crippen LogP contribution in [-0.2, 0) is 0 Å². The Labute approximate surface area is 370 Å². The normalized spacial score (nSPS) is 14.2. The third-order valence-electron chi connectivity index (χ3n) is 13.2. The Hall–Kier alpha value is -7.59. The first-order valence-corrected chi connectivity index (χ1v) is 22.7. The lowest BCUT2D eigenvalue weighted by Crippen LogP contribution is -1.95. The van der Waals surface area contributed by atoms with Crippen LogP contribution in [-0.4, -0.2) is 9.13 Å². The summed E-state index contributed by atoms with van der Waals surface area (Å²) >= 11 is 2.00. The largest absolute Gasteiger partial charge is 0.309 e. The van der Waals surface area contributed by atoms with Gasteiger partial charge in [0.15, 0.2) is 0 Å². The van der Waals surface area contributed by atoms with Crippen LogP contribution >= 0.6 is 11.8 Å². The minimum Gasteiger partial charge on any atom is -0.309 e. The van der Waals surface area contributed by atoms with E-state index in [9.17, 15) is 0 Å². The quantitative estimate of drug-likeness (QED) is 0.162. The first-order valence-electron chi connectivity index (χ1n) is 21.8. The molecule has 0 spiro atoms. The van der Waals surface area contributed by atoms with Crippen LogP contribution in [0.5, 0.6) is 0 Å². The Morgan fingerprint density at radius 3 is 1.37 bits per heavy atom. The minimum absolute atomic E-state index is 0.384. The Morgan fingerprint density at radius 2 is 0.810 bits per heavy atom. The van der Waals surface area contributed by atoms with Gasteiger partial charge in [0.1, 0.15) is 0 Å². The molecule has 63 heavy (non-hydrogen) atoms. The maximum atomic E-state index is 2.44. The number of nitrogens with zero attached hydrogens (tertiary/aromatic N) is 2. The van der Waals surface area contributed by atoms with E-state index in [0.717, 1.165) is 6.42 Å². The Morgan fingerprint density at radius 1 is 0.365 bits per heavy atom. The van der Waals surface area contributed by atoms with Gasteiger partial charge in [0, 0.05) is 54.2 Å². The van der Waals surface area contributed by atoms with E-state index in [1.165, 1.54) is 115 Å². The van der Waals surface area contributed by atoms with E-state index in [1.807, 2.05) is 11.8 Å². The van der Waals surface area contributed by atoms with E-state index < -0.39 is 0 Å². The summed E-state index contributed by atoms with van der Waals surface area (Å²) in [5.41, 5.74) is 14.9. The molecule has 2 aromatic heterocycles. The first kappa shape index (κ1) is 36.1. The minimum atomic E-state index is 0.384. The van der Waals surface area contributed by atoms with Crippen LogP contribution in [0.15, 0.2) is 224 Å². The van der Waals surface area contributed by atoms with Gasteiger partial charge in [0.05, 0.1) is 22.1 Å². The number of aromatic nitrogens is 2. The molecule has 2 nitrogen and oxygen atoms in total. The summed E-state index contributed by atoms with van der Waals surface area (Å²) in [7, 11) is 0. The molecule has 0 radical (unpaired) electrons. The van der Waals surface area contributed by atoms with Gasteiger partial charge in [0.2, 0.25) is 0 Å². The highest BCUT2D eigenvalue weighted by Gasteiger charge is 2.23. The molecule has 1 unspecified atom stereocenters. The summed E-state index contributed by atoms with van der Waals surface area (Å²) in [5, 5.41) is 10.5. The summed E-state index contributed by atoms with van der Waals surface area (Å²) in [6.07, 6.45) is 3.46. The molecule has 10 aromatic carbocycles. The number of rotatable bonds is 6. The smallest absolute Gasteiger partial charge is 0.0619 e. The van der Waals surface area contributed by atoms with Crippen LogP contribution in [0, 0.1) is 0 Å². The summed E-state index contributed by atoms with van der Waals surface area (Å²) < 4.78 is 4.85. The van der Waals surface area contributed by atoms with Crippen molar-refractivity contribution in [3.63, 3.8) is 0 Å². The van der Waals surface area contributed by atoms with Gasteiger partial charge >= 0.3 is 0 Å². The maximum Gasteiger partial charge on any atom is 0.0619 e. The molecule has 0 bridgehead atoms. The zero-order valence-corrected chi connectivity index (χ0v) is 35.3. The Kier molecular flexibility index (Phi) is 8.32. The second-order valence-electron chi connectivity index (χ2n) is 16.8. The molecule has 0 amide bonds. The molecular formula is C60H40N2S. The highest BCUT2D eigenvalue weighted by Crippen LogP contribution is 2.49. The molecule has 0 saturated heterocycles. The number of hydrogen-bond acceptors (Lipinski definition) is 1. The van der Waals surface area contributed by atoms with Crippen LogP contribution in [0.4, 0.5) is 0 Å². The number of allylic oxidation sites excluding steroid dienone is 1. The van der Waals surface area contributed by atoms with Gasteiger partial charge < -0.3 is 9.13 Å². The highest BCUT2D eigenvalue weighted by atomic mass is 32.2. The fraction of sp³-hybridized carbons (Fsp3) is 0.0333. The predicted molar refractivity (Wildman–Crippen MR) is 270 cm³/mol. The summed E-state index contributed by atoms with van der Waals surface area (Å²) in [5.74, 6) is 0. The van der Waals surface area contributed by atoms with Crippen molar-refractivity contribution in [3.8, 4) is 33.6 Å². The lowest BCUT2D eigenvalue weighted by molar-refractivity contribution is 0.993. The van der Waals surface area contributed by atoms with Crippen LogP contribution < -0.4 is 0 Å². The molecule has 13 rings (SSSR count). The lowest BCUT2D eigenvalue weighted by Gasteiger charge is -2.14. The van der Waals surface area contributed by atoms with Crippen molar-refractivity contribution in [3.05, 3.63) is 236 Å². The Bertz CT molecular complexity index is 3800.